The summed E-state index contributed by atoms with van der Waals surface area (Å²) >= 11 is 3.02. The highest BCUT2D eigenvalue weighted by Crippen LogP contribution is 2.28. The minimum Gasteiger partial charge on any atom is -0.368 e. The number of nitrogen functional groups attached to an aromatic ring is 1. The normalized spacial score (nSPS) is 10.9. The van der Waals surface area contributed by atoms with Crippen LogP contribution in [0.1, 0.15) is 25.2 Å². The summed E-state index contributed by atoms with van der Waals surface area (Å²) in [7, 11) is 0. The molecule has 3 aromatic rings. The molecule has 3 rings (SSSR count). The molecule has 10 heteroatoms. The molecule has 136 valence electrons. The Balaban J connectivity index is 1.65. The smallest absolute Gasteiger partial charge is 0.232 e. The summed E-state index contributed by atoms with van der Waals surface area (Å²) in [5.41, 5.74) is 7.90. The van der Waals surface area contributed by atoms with E-state index in [0.717, 1.165) is 15.2 Å². The van der Waals surface area contributed by atoms with Crippen LogP contribution in [-0.2, 0) is 5.75 Å². The van der Waals surface area contributed by atoms with E-state index in [9.17, 15) is 0 Å². The van der Waals surface area contributed by atoms with Gasteiger partial charge in [0.05, 0.1) is 5.75 Å². The zero-order valence-electron chi connectivity index (χ0n) is 14.7. The molecule has 0 spiro atoms. The minimum absolute atomic E-state index is 0.185. The van der Waals surface area contributed by atoms with E-state index in [-0.39, 0.29) is 5.95 Å². The largest absolute Gasteiger partial charge is 0.368 e. The van der Waals surface area contributed by atoms with Gasteiger partial charge < -0.3 is 16.4 Å². The summed E-state index contributed by atoms with van der Waals surface area (Å²) in [6, 6.07) is 8.28. The second kappa shape index (κ2) is 8.28. The quantitative estimate of drug-likeness (QED) is 0.523. The highest BCUT2D eigenvalue weighted by Gasteiger charge is 2.09. The number of nitrogens with two attached hydrogens (primary N) is 1. The minimum atomic E-state index is 0.185. The van der Waals surface area contributed by atoms with Crippen molar-refractivity contribution in [1.29, 1.82) is 0 Å². The number of hydrogen-bond donors (Lipinski definition) is 3. The fraction of sp³-hybridized carbons (Fsp3) is 0.312. The Kier molecular flexibility index (Phi) is 5.84. The summed E-state index contributed by atoms with van der Waals surface area (Å²) in [6.45, 7) is 6.16. The summed E-state index contributed by atoms with van der Waals surface area (Å²) in [5, 5.41) is 15.5. The van der Waals surface area contributed by atoms with E-state index in [1.807, 2.05) is 31.2 Å². The van der Waals surface area contributed by atoms with E-state index in [4.69, 9.17) is 5.73 Å². The predicted molar refractivity (Wildman–Crippen MR) is 107 cm³/mol. The lowest BCUT2D eigenvalue weighted by molar-refractivity contribution is 0.883. The van der Waals surface area contributed by atoms with Crippen molar-refractivity contribution >= 4 is 45.8 Å². The lowest BCUT2D eigenvalue weighted by Gasteiger charge is -2.07. The molecule has 0 aliphatic heterocycles. The Morgan fingerprint density at radius 1 is 1.12 bits per heavy atom. The van der Waals surface area contributed by atoms with Crippen LogP contribution in [-0.4, -0.2) is 31.2 Å². The number of rotatable bonds is 7. The lowest BCUT2D eigenvalue weighted by atomic mass is 10.2. The van der Waals surface area contributed by atoms with E-state index in [0.29, 0.717) is 23.6 Å². The average molecular weight is 389 g/mol. The van der Waals surface area contributed by atoms with Gasteiger partial charge in [-0.2, -0.15) is 15.0 Å². The molecule has 2 heterocycles. The van der Waals surface area contributed by atoms with Crippen LogP contribution < -0.4 is 16.4 Å². The molecule has 0 saturated heterocycles. The van der Waals surface area contributed by atoms with Crippen molar-refractivity contribution in [3.05, 3.63) is 35.7 Å². The molecule has 4 N–H and O–H groups in total. The van der Waals surface area contributed by atoms with Crippen LogP contribution in [0.3, 0.4) is 0 Å². The van der Waals surface area contributed by atoms with E-state index in [2.05, 4.69) is 49.6 Å². The van der Waals surface area contributed by atoms with Crippen LogP contribution in [0.25, 0.3) is 0 Å². The fourth-order valence-electron chi connectivity index (χ4n) is 2.02. The van der Waals surface area contributed by atoms with Gasteiger partial charge in [-0.3, -0.25) is 0 Å². The van der Waals surface area contributed by atoms with Crippen LogP contribution in [0.2, 0.25) is 0 Å². The third-order valence-corrected chi connectivity index (χ3v) is 5.13. The third-order valence-electron chi connectivity index (χ3n) is 3.15. The van der Waals surface area contributed by atoms with Gasteiger partial charge in [0.1, 0.15) is 5.82 Å². The summed E-state index contributed by atoms with van der Waals surface area (Å²) in [4.78, 5) is 12.8. The maximum atomic E-state index is 5.82. The average Bonchev–Trinajstić information content (AvgIpc) is 3.01. The molecule has 0 aliphatic carbocycles. The maximum absolute atomic E-state index is 5.82. The molecule has 2 aromatic heterocycles. The maximum Gasteiger partial charge on any atom is 0.232 e. The third kappa shape index (κ3) is 5.27. The first-order chi connectivity index (χ1) is 12.5. The van der Waals surface area contributed by atoms with Crippen molar-refractivity contribution in [2.75, 3.05) is 16.4 Å². The molecule has 0 radical (unpaired) electrons. The Morgan fingerprint density at radius 2 is 1.88 bits per heavy atom. The molecular weight excluding hydrogens is 368 g/mol. The van der Waals surface area contributed by atoms with Crippen molar-refractivity contribution in [3.8, 4) is 0 Å². The van der Waals surface area contributed by atoms with Crippen molar-refractivity contribution in [2.24, 2.45) is 0 Å². The molecule has 0 amide bonds. The molecule has 8 nitrogen and oxygen atoms in total. The number of nitrogens with zero attached hydrogens (tertiary/aromatic N) is 5. The van der Waals surface area contributed by atoms with Crippen LogP contribution in [0, 0.1) is 6.92 Å². The van der Waals surface area contributed by atoms with Gasteiger partial charge in [0.2, 0.25) is 17.0 Å². The topological polar surface area (TPSA) is 115 Å². The van der Waals surface area contributed by atoms with E-state index in [1.54, 1.807) is 0 Å². The van der Waals surface area contributed by atoms with Crippen LogP contribution >= 0.6 is 23.1 Å². The van der Waals surface area contributed by atoms with E-state index in [1.165, 1.54) is 28.7 Å². The van der Waals surface area contributed by atoms with Crippen molar-refractivity contribution in [2.45, 2.75) is 36.9 Å². The molecule has 0 fully saturated rings. The molecular formula is C16H20N8S2. The summed E-state index contributed by atoms with van der Waals surface area (Å²) in [6.07, 6.45) is 0. The number of aryl methyl sites for hydroxylation is 1. The van der Waals surface area contributed by atoms with E-state index < -0.39 is 0 Å². The molecule has 0 aliphatic rings. The summed E-state index contributed by atoms with van der Waals surface area (Å²) < 4.78 is 0.847. The Hall–Kier alpha value is -2.46. The van der Waals surface area contributed by atoms with Gasteiger partial charge in [-0.15, -0.1) is 10.2 Å². The lowest BCUT2D eigenvalue weighted by Crippen LogP contribution is -2.08. The van der Waals surface area contributed by atoms with Gasteiger partial charge in [-0.05, 0) is 32.9 Å². The number of benzene rings is 1. The van der Waals surface area contributed by atoms with E-state index >= 15 is 0 Å². The highest BCUT2D eigenvalue weighted by molar-refractivity contribution is 8.00. The monoisotopic (exact) mass is 388 g/mol. The Labute approximate surface area is 160 Å². The number of thioether (sulfide) groups is 1. The molecule has 0 unspecified atom stereocenters. The molecule has 1 aromatic carbocycles. The fourth-order valence-corrected chi connectivity index (χ4v) is 3.78. The predicted octanol–water partition coefficient (Wildman–Crippen LogP) is 3.47. The standard InChI is InChI=1S/C16H20N8S2/c1-9(2)18-15-23-24-16(26-15)25-8-12-20-13(17)22-14(21-12)19-11-6-4-10(3)5-7-11/h4-7,9H,8H2,1-3H3,(H,18,23)(H3,17,19,20,21,22). The number of anilines is 4. The van der Waals surface area contributed by atoms with Crippen LogP contribution in [0.5, 0.6) is 0 Å². The van der Waals surface area contributed by atoms with Crippen molar-refractivity contribution in [1.82, 2.24) is 25.1 Å². The first kappa shape index (κ1) is 18.3. The molecule has 0 saturated carbocycles. The zero-order chi connectivity index (χ0) is 18.5. The number of nitrogens with one attached hydrogen (secondary N) is 2. The highest BCUT2D eigenvalue weighted by atomic mass is 32.2. The molecule has 0 atom stereocenters. The number of aromatic nitrogens is 5. The zero-order valence-corrected chi connectivity index (χ0v) is 16.4. The van der Waals surface area contributed by atoms with Crippen LogP contribution in [0.4, 0.5) is 22.7 Å². The van der Waals surface area contributed by atoms with Gasteiger partial charge in [-0.25, -0.2) is 0 Å². The van der Waals surface area contributed by atoms with Crippen LogP contribution in [0.15, 0.2) is 28.6 Å². The van der Waals surface area contributed by atoms with Gasteiger partial charge in [0.15, 0.2) is 4.34 Å². The SMILES string of the molecule is Cc1ccc(Nc2nc(N)nc(CSc3nnc(NC(C)C)s3)n2)cc1. The van der Waals surface area contributed by atoms with Gasteiger partial charge in [0.25, 0.3) is 0 Å². The van der Waals surface area contributed by atoms with Gasteiger partial charge in [0, 0.05) is 11.7 Å². The first-order valence-corrected chi connectivity index (χ1v) is 9.85. The second-order valence-corrected chi connectivity index (χ2v) is 8.09. The second-order valence-electron chi connectivity index (χ2n) is 5.89. The first-order valence-electron chi connectivity index (χ1n) is 8.05. The number of hydrogen-bond acceptors (Lipinski definition) is 10. The van der Waals surface area contributed by atoms with Gasteiger partial charge >= 0.3 is 0 Å². The summed E-state index contributed by atoms with van der Waals surface area (Å²) in [5.74, 6) is 1.73. The van der Waals surface area contributed by atoms with Crippen molar-refractivity contribution < 1.29 is 0 Å². The Bertz CT molecular complexity index is 863. The van der Waals surface area contributed by atoms with Crippen molar-refractivity contribution in [3.63, 3.8) is 0 Å². The molecule has 0 bridgehead atoms. The Morgan fingerprint density at radius 3 is 2.62 bits per heavy atom. The molecule has 26 heavy (non-hydrogen) atoms. The van der Waals surface area contributed by atoms with Gasteiger partial charge in [-0.1, -0.05) is 40.8 Å².